The van der Waals surface area contributed by atoms with Gasteiger partial charge in [-0.1, -0.05) is 12.1 Å². The average Bonchev–Trinajstić information content (AvgIpc) is 2.83. The molecule has 1 amide bonds. The number of amides is 1. The number of imidazole rings is 1. The summed E-state index contributed by atoms with van der Waals surface area (Å²) in [4.78, 5) is 18.5. The van der Waals surface area contributed by atoms with E-state index in [-0.39, 0.29) is 18.0 Å². The molecule has 21 heavy (non-hydrogen) atoms. The minimum absolute atomic E-state index is 0.00612. The maximum Gasteiger partial charge on any atom is 0.239 e. The molecule has 2 aromatic rings. The third-order valence-electron chi connectivity index (χ3n) is 3.93. The zero-order valence-electron chi connectivity index (χ0n) is 13.4. The third-order valence-corrected chi connectivity index (χ3v) is 3.93. The van der Waals surface area contributed by atoms with Crippen LogP contribution in [0.3, 0.4) is 0 Å². The summed E-state index contributed by atoms with van der Waals surface area (Å²) in [6, 6.07) is 7.83. The highest BCUT2D eigenvalue weighted by Gasteiger charge is 2.21. The van der Waals surface area contributed by atoms with E-state index in [9.17, 15) is 4.79 Å². The molecule has 0 saturated carbocycles. The number of carbonyl (C=O) groups is 1. The van der Waals surface area contributed by atoms with E-state index in [1.165, 1.54) is 0 Å². The van der Waals surface area contributed by atoms with Gasteiger partial charge in [-0.2, -0.15) is 0 Å². The van der Waals surface area contributed by atoms with Crippen molar-refractivity contribution < 1.29 is 4.79 Å². The molecule has 0 spiro atoms. The highest BCUT2D eigenvalue weighted by atomic mass is 16.2. The molecule has 2 unspecified atom stereocenters. The van der Waals surface area contributed by atoms with Crippen molar-refractivity contribution in [1.29, 1.82) is 0 Å². The first-order valence-electron chi connectivity index (χ1n) is 7.38. The summed E-state index contributed by atoms with van der Waals surface area (Å²) in [5, 5.41) is 3.34. The molecule has 0 aliphatic rings. The van der Waals surface area contributed by atoms with Gasteiger partial charge in [-0.05, 0) is 32.9 Å². The van der Waals surface area contributed by atoms with Crippen LogP contribution in [0.15, 0.2) is 24.3 Å². The highest BCUT2D eigenvalue weighted by molar-refractivity contribution is 5.81. The van der Waals surface area contributed by atoms with E-state index in [4.69, 9.17) is 0 Å². The zero-order chi connectivity index (χ0) is 15.6. The second-order valence-corrected chi connectivity index (χ2v) is 5.48. The van der Waals surface area contributed by atoms with Crippen LogP contribution < -0.4 is 5.32 Å². The summed E-state index contributed by atoms with van der Waals surface area (Å²) < 4.78 is 2.08. The fraction of sp³-hybridized carbons (Fsp3) is 0.500. The number of aryl methyl sites for hydroxylation is 1. The monoisotopic (exact) mass is 288 g/mol. The van der Waals surface area contributed by atoms with Crippen LogP contribution in [0.2, 0.25) is 0 Å². The van der Waals surface area contributed by atoms with Crippen LogP contribution in [-0.4, -0.2) is 40.0 Å². The number of likely N-dealkylation sites (N-methyl/N-ethyl adjacent to an activating group) is 1. The topological polar surface area (TPSA) is 50.2 Å². The first kappa shape index (κ1) is 15.5. The van der Waals surface area contributed by atoms with Gasteiger partial charge in [-0.15, -0.1) is 0 Å². The van der Waals surface area contributed by atoms with Gasteiger partial charge in [0.15, 0.2) is 0 Å². The Kier molecular flexibility index (Phi) is 4.63. The molecule has 5 nitrogen and oxygen atoms in total. The molecule has 0 aliphatic carbocycles. The van der Waals surface area contributed by atoms with Gasteiger partial charge in [0.25, 0.3) is 0 Å². The predicted molar refractivity (Wildman–Crippen MR) is 85.0 cm³/mol. The fourth-order valence-corrected chi connectivity index (χ4v) is 2.56. The Bertz CT molecular complexity index is 634. The lowest BCUT2D eigenvalue weighted by Gasteiger charge is -2.23. The van der Waals surface area contributed by atoms with Gasteiger partial charge in [0.1, 0.15) is 5.82 Å². The Morgan fingerprint density at radius 2 is 2.05 bits per heavy atom. The molecular weight excluding hydrogens is 264 g/mol. The number of carbonyl (C=O) groups excluding carboxylic acids is 1. The number of nitrogens with zero attached hydrogens (tertiary/aromatic N) is 3. The van der Waals surface area contributed by atoms with Crippen molar-refractivity contribution in [3.8, 4) is 0 Å². The number of hydrogen-bond acceptors (Lipinski definition) is 3. The minimum Gasteiger partial charge on any atom is -0.345 e. The van der Waals surface area contributed by atoms with Crippen molar-refractivity contribution in [3.05, 3.63) is 30.1 Å². The Morgan fingerprint density at radius 1 is 1.38 bits per heavy atom. The first-order chi connectivity index (χ1) is 9.95. The van der Waals surface area contributed by atoms with E-state index >= 15 is 0 Å². The Morgan fingerprint density at radius 3 is 2.67 bits per heavy atom. The highest BCUT2D eigenvalue weighted by Crippen LogP contribution is 2.19. The molecule has 0 aliphatic heterocycles. The standard InChI is InChI=1S/C16H24N4O/c1-6-19(4)16(21)12(3)17-11(2)15-18-13-9-7-8-10-14(13)20(15)5/h7-12,17H,6H2,1-5H3. The van der Waals surface area contributed by atoms with E-state index in [0.29, 0.717) is 6.54 Å². The van der Waals surface area contributed by atoms with Gasteiger partial charge in [0.2, 0.25) is 5.91 Å². The van der Waals surface area contributed by atoms with Gasteiger partial charge in [0.05, 0.1) is 23.1 Å². The number of fused-ring (bicyclic) bond motifs is 1. The summed E-state index contributed by atoms with van der Waals surface area (Å²) in [6.45, 7) is 6.62. The van der Waals surface area contributed by atoms with Gasteiger partial charge < -0.3 is 9.47 Å². The van der Waals surface area contributed by atoms with Crippen LogP contribution >= 0.6 is 0 Å². The molecular formula is C16H24N4O. The van der Waals surface area contributed by atoms with Gasteiger partial charge in [-0.25, -0.2) is 4.98 Å². The summed E-state index contributed by atoms with van der Waals surface area (Å²) in [7, 11) is 3.83. The number of rotatable bonds is 5. The molecule has 0 fully saturated rings. The van der Waals surface area contributed by atoms with Crippen molar-refractivity contribution in [2.24, 2.45) is 7.05 Å². The molecule has 2 rings (SSSR count). The molecule has 1 aromatic heterocycles. The second kappa shape index (κ2) is 6.26. The summed E-state index contributed by atoms with van der Waals surface area (Å²) in [5.74, 6) is 1.04. The van der Waals surface area contributed by atoms with Crippen molar-refractivity contribution in [1.82, 2.24) is 19.8 Å². The Labute approximate surface area is 126 Å². The minimum atomic E-state index is -0.232. The van der Waals surface area contributed by atoms with E-state index < -0.39 is 0 Å². The molecule has 0 bridgehead atoms. The Balaban J connectivity index is 2.17. The number of nitrogens with one attached hydrogen (secondary N) is 1. The lowest BCUT2D eigenvalue weighted by Crippen LogP contribution is -2.44. The van der Waals surface area contributed by atoms with Crippen molar-refractivity contribution >= 4 is 16.9 Å². The molecule has 1 N–H and O–H groups in total. The molecule has 2 atom stereocenters. The maximum atomic E-state index is 12.1. The van der Waals surface area contributed by atoms with Crippen LogP contribution in [0.1, 0.15) is 32.6 Å². The Hall–Kier alpha value is -1.88. The average molecular weight is 288 g/mol. The SMILES string of the molecule is CCN(C)C(=O)C(C)NC(C)c1nc2ccccc2n1C. The fourth-order valence-electron chi connectivity index (χ4n) is 2.56. The number of aromatic nitrogens is 2. The van der Waals surface area contributed by atoms with Crippen LogP contribution in [-0.2, 0) is 11.8 Å². The zero-order valence-corrected chi connectivity index (χ0v) is 13.4. The van der Waals surface area contributed by atoms with Gasteiger partial charge in [-0.3, -0.25) is 10.1 Å². The lowest BCUT2D eigenvalue weighted by molar-refractivity contribution is -0.131. The number of para-hydroxylation sites is 2. The van der Waals surface area contributed by atoms with Crippen molar-refractivity contribution in [2.75, 3.05) is 13.6 Å². The molecule has 114 valence electrons. The van der Waals surface area contributed by atoms with Crippen molar-refractivity contribution in [2.45, 2.75) is 32.9 Å². The van der Waals surface area contributed by atoms with Crippen LogP contribution in [0, 0.1) is 0 Å². The molecule has 0 saturated heterocycles. The van der Waals surface area contributed by atoms with Crippen LogP contribution in [0.4, 0.5) is 0 Å². The van der Waals surface area contributed by atoms with Gasteiger partial charge in [0, 0.05) is 20.6 Å². The third kappa shape index (κ3) is 3.08. The quantitative estimate of drug-likeness (QED) is 0.916. The smallest absolute Gasteiger partial charge is 0.239 e. The van der Waals surface area contributed by atoms with E-state index in [0.717, 1.165) is 16.9 Å². The van der Waals surface area contributed by atoms with E-state index in [1.807, 2.05) is 53.1 Å². The lowest BCUT2D eigenvalue weighted by atomic mass is 10.2. The normalized spacial score (nSPS) is 14.1. The van der Waals surface area contributed by atoms with Crippen molar-refractivity contribution in [3.63, 3.8) is 0 Å². The maximum absolute atomic E-state index is 12.1. The second-order valence-electron chi connectivity index (χ2n) is 5.48. The van der Waals surface area contributed by atoms with E-state index in [2.05, 4.69) is 20.9 Å². The van der Waals surface area contributed by atoms with Crippen LogP contribution in [0.5, 0.6) is 0 Å². The summed E-state index contributed by atoms with van der Waals surface area (Å²) in [5.41, 5.74) is 2.08. The number of benzene rings is 1. The summed E-state index contributed by atoms with van der Waals surface area (Å²) >= 11 is 0. The number of hydrogen-bond donors (Lipinski definition) is 1. The molecule has 1 heterocycles. The summed E-state index contributed by atoms with van der Waals surface area (Å²) in [6.07, 6.45) is 0. The van der Waals surface area contributed by atoms with Gasteiger partial charge >= 0.3 is 0 Å². The molecule has 5 heteroatoms. The van der Waals surface area contributed by atoms with Crippen LogP contribution in [0.25, 0.3) is 11.0 Å². The largest absolute Gasteiger partial charge is 0.345 e. The van der Waals surface area contributed by atoms with E-state index in [1.54, 1.807) is 4.90 Å². The molecule has 0 radical (unpaired) electrons. The molecule has 1 aromatic carbocycles. The first-order valence-corrected chi connectivity index (χ1v) is 7.38. The predicted octanol–water partition coefficient (Wildman–Crippen LogP) is 2.09.